The van der Waals surface area contributed by atoms with Gasteiger partial charge in [0.15, 0.2) is 0 Å². The topological polar surface area (TPSA) is 69.6 Å². The van der Waals surface area contributed by atoms with E-state index in [1.54, 1.807) is 13.8 Å². The molecule has 1 aliphatic rings. The van der Waals surface area contributed by atoms with Crippen LogP contribution in [0.2, 0.25) is 0 Å². The van der Waals surface area contributed by atoms with Crippen LogP contribution in [0.1, 0.15) is 38.3 Å². The van der Waals surface area contributed by atoms with Gasteiger partial charge in [-0.2, -0.15) is 0 Å². The number of hydrogen-bond donors (Lipinski definition) is 2. The van der Waals surface area contributed by atoms with Crippen LogP contribution in [0.3, 0.4) is 0 Å². The van der Waals surface area contributed by atoms with Crippen molar-refractivity contribution in [1.29, 1.82) is 0 Å². The second-order valence-electron chi connectivity index (χ2n) is 5.65. The number of benzene rings is 1. The molecule has 0 aromatic heterocycles. The largest absolute Gasteiger partial charge is 0.465 e. The van der Waals surface area contributed by atoms with E-state index >= 15 is 0 Å². The molecule has 0 spiro atoms. The molecule has 1 aromatic carbocycles. The monoisotopic (exact) mass is 276 g/mol. The minimum absolute atomic E-state index is 0.193. The van der Waals surface area contributed by atoms with Gasteiger partial charge in [-0.15, -0.1) is 0 Å². The lowest BCUT2D eigenvalue weighted by molar-refractivity contribution is -0.117. The lowest BCUT2D eigenvalue weighted by atomic mass is 10.1. The zero-order chi connectivity index (χ0) is 14.9. The molecule has 0 aliphatic heterocycles. The number of rotatable bonds is 3. The molecule has 0 saturated carbocycles. The molecule has 2 N–H and O–H groups in total. The Morgan fingerprint density at radius 3 is 2.50 bits per heavy atom. The highest BCUT2D eigenvalue weighted by Gasteiger charge is 2.32. The third-order valence-corrected chi connectivity index (χ3v) is 3.63. The summed E-state index contributed by atoms with van der Waals surface area (Å²) in [6, 6.07) is 5.91. The molecular formula is C15H20N2O3. The van der Waals surface area contributed by atoms with E-state index in [-0.39, 0.29) is 5.91 Å². The molecule has 0 radical (unpaired) electrons. The first-order chi connectivity index (χ1) is 9.31. The number of aryl methyl sites for hydroxylation is 2. The predicted molar refractivity (Wildman–Crippen MR) is 76.9 cm³/mol. The Hall–Kier alpha value is -2.04. The highest BCUT2D eigenvalue weighted by Crippen LogP contribution is 2.29. The molecule has 5 nitrogen and oxygen atoms in total. The van der Waals surface area contributed by atoms with Gasteiger partial charge in [-0.25, -0.2) is 4.79 Å². The number of nitrogens with one attached hydrogen (secondary N) is 1. The maximum Gasteiger partial charge on any atom is 0.406 e. The van der Waals surface area contributed by atoms with E-state index in [1.165, 1.54) is 23.0 Å². The predicted octanol–water partition coefficient (Wildman–Crippen LogP) is 2.53. The van der Waals surface area contributed by atoms with Crippen LogP contribution < -0.4 is 10.2 Å². The van der Waals surface area contributed by atoms with Gasteiger partial charge in [0.05, 0.1) is 0 Å². The first kappa shape index (κ1) is 14.4. The molecule has 1 aliphatic carbocycles. The first-order valence-electron chi connectivity index (χ1n) is 6.75. The van der Waals surface area contributed by atoms with E-state index in [2.05, 4.69) is 5.32 Å². The van der Waals surface area contributed by atoms with Crippen molar-refractivity contribution in [3.63, 3.8) is 0 Å². The van der Waals surface area contributed by atoms with Crippen molar-refractivity contribution in [2.75, 3.05) is 4.90 Å². The molecule has 5 heteroatoms. The van der Waals surface area contributed by atoms with Gasteiger partial charge >= 0.3 is 6.09 Å². The maximum absolute atomic E-state index is 12.0. The standard InChI is InChI=1S/C15H20N2O3/c1-10(18)17(15(2,3)16-14(19)20)13-8-7-11-5-4-6-12(11)9-13/h7-9,16H,4-6H2,1-3H3,(H,19,20). The molecule has 0 bridgehead atoms. The van der Waals surface area contributed by atoms with Crippen molar-refractivity contribution in [1.82, 2.24) is 5.32 Å². The molecule has 0 heterocycles. The van der Waals surface area contributed by atoms with Gasteiger partial charge in [0.25, 0.3) is 0 Å². The van der Waals surface area contributed by atoms with Crippen LogP contribution in [-0.4, -0.2) is 22.8 Å². The molecule has 20 heavy (non-hydrogen) atoms. The summed E-state index contributed by atoms with van der Waals surface area (Å²) in [4.78, 5) is 24.4. The maximum atomic E-state index is 12.0. The second kappa shape index (κ2) is 5.15. The van der Waals surface area contributed by atoms with Crippen LogP contribution in [0, 0.1) is 0 Å². The molecule has 0 fully saturated rings. The van der Waals surface area contributed by atoms with Crippen LogP contribution in [0.4, 0.5) is 10.5 Å². The normalized spacial score (nSPS) is 13.8. The number of hydrogen-bond acceptors (Lipinski definition) is 2. The van der Waals surface area contributed by atoms with Gasteiger partial charge < -0.3 is 5.11 Å². The summed E-state index contributed by atoms with van der Waals surface area (Å²) in [6.45, 7) is 4.80. The van der Waals surface area contributed by atoms with Crippen molar-refractivity contribution in [2.45, 2.75) is 45.7 Å². The number of anilines is 1. The molecular weight excluding hydrogens is 256 g/mol. The molecule has 2 amide bonds. The van der Waals surface area contributed by atoms with Crippen molar-refractivity contribution in [3.05, 3.63) is 29.3 Å². The van der Waals surface area contributed by atoms with Gasteiger partial charge in [0.1, 0.15) is 5.66 Å². The zero-order valence-electron chi connectivity index (χ0n) is 12.1. The Morgan fingerprint density at radius 1 is 1.25 bits per heavy atom. The Morgan fingerprint density at radius 2 is 1.90 bits per heavy atom. The lowest BCUT2D eigenvalue weighted by Crippen LogP contribution is -2.58. The number of nitrogens with zero attached hydrogens (tertiary/aromatic N) is 1. The number of carbonyl (C=O) groups excluding carboxylic acids is 1. The fraction of sp³-hybridized carbons (Fsp3) is 0.467. The summed E-state index contributed by atoms with van der Waals surface area (Å²) in [5, 5.41) is 11.3. The molecule has 0 saturated heterocycles. The van der Waals surface area contributed by atoms with E-state index in [0.29, 0.717) is 0 Å². The van der Waals surface area contributed by atoms with Crippen LogP contribution in [0.15, 0.2) is 18.2 Å². The minimum atomic E-state index is -1.15. The van der Waals surface area contributed by atoms with Crippen molar-refractivity contribution in [3.8, 4) is 0 Å². The Balaban J connectivity index is 2.38. The Bertz CT molecular complexity index is 552. The van der Waals surface area contributed by atoms with Crippen molar-refractivity contribution >= 4 is 17.7 Å². The quantitative estimate of drug-likeness (QED) is 0.833. The molecule has 0 atom stereocenters. The van der Waals surface area contributed by atoms with E-state index in [9.17, 15) is 9.59 Å². The average molecular weight is 276 g/mol. The SMILES string of the molecule is CC(=O)N(c1ccc2c(c1)CCC2)C(C)(C)NC(=O)O. The molecule has 2 rings (SSSR count). The van der Waals surface area contributed by atoms with Crippen molar-refractivity contribution in [2.24, 2.45) is 0 Å². The molecule has 1 aromatic rings. The Kier molecular flexibility index (Phi) is 3.70. The molecule has 108 valence electrons. The summed E-state index contributed by atoms with van der Waals surface area (Å²) >= 11 is 0. The summed E-state index contributed by atoms with van der Waals surface area (Å²) in [5.41, 5.74) is 2.31. The summed E-state index contributed by atoms with van der Waals surface area (Å²) < 4.78 is 0. The smallest absolute Gasteiger partial charge is 0.406 e. The summed E-state index contributed by atoms with van der Waals surface area (Å²) in [5.74, 6) is -0.193. The first-order valence-corrected chi connectivity index (χ1v) is 6.75. The minimum Gasteiger partial charge on any atom is -0.465 e. The fourth-order valence-corrected chi connectivity index (χ4v) is 2.91. The van der Waals surface area contributed by atoms with Gasteiger partial charge in [-0.3, -0.25) is 15.0 Å². The Labute approximate surface area is 118 Å². The highest BCUT2D eigenvalue weighted by atomic mass is 16.4. The van der Waals surface area contributed by atoms with E-state index in [0.717, 1.165) is 24.9 Å². The molecule has 0 unspecified atom stereocenters. The van der Waals surface area contributed by atoms with Crippen LogP contribution in [0.25, 0.3) is 0 Å². The van der Waals surface area contributed by atoms with Crippen LogP contribution in [-0.2, 0) is 17.6 Å². The lowest BCUT2D eigenvalue weighted by Gasteiger charge is -2.37. The third kappa shape index (κ3) is 2.76. The highest BCUT2D eigenvalue weighted by molar-refractivity contribution is 5.93. The second-order valence-corrected chi connectivity index (χ2v) is 5.65. The van der Waals surface area contributed by atoms with E-state index in [1.807, 2.05) is 18.2 Å². The van der Waals surface area contributed by atoms with Gasteiger partial charge in [0, 0.05) is 12.6 Å². The number of amides is 2. The fourth-order valence-electron chi connectivity index (χ4n) is 2.91. The summed E-state index contributed by atoms with van der Waals surface area (Å²) in [6.07, 6.45) is 2.08. The number of carbonyl (C=O) groups is 2. The number of carboxylic acid groups (broad SMARTS) is 1. The van der Waals surface area contributed by atoms with Crippen LogP contribution >= 0.6 is 0 Å². The van der Waals surface area contributed by atoms with Gasteiger partial charge in [-0.1, -0.05) is 6.07 Å². The number of fused-ring (bicyclic) bond motifs is 1. The van der Waals surface area contributed by atoms with E-state index < -0.39 is 11.8 Å². The third-order valence-electron chi connectivity index (χ3n) is 3.63. The average Bonchev–Trinajstić information content (AvgIpc) is 2.73. The van der Waals surface area contributed by atoms with Gasteiger partial charge in [-0.05, 0) is 56.4 Å². The summed E-state index contributed by atoms with van der Waals surface area (Å²) in [7, 11) is 0. The zero-order valence-corrected chi connectivity index (χ0v) is 12.1. The van der Waals surface area contributed by atoms with Gasteiger partial charge in [0.2, 0.25) is 5.91 Å². The van der Waals surface area contributed by atoms with Crippen LogP contribution in [0.5, 0.6) is 0 Å². The van der Waals surface area contributed by atoms with Crippen molar-refractivity contribution < 1.29 is 14.7 Å². The van der Waals surface area contributed by atoms with E-state index in [4.69, 9.17) is 5.11 Å².